The van der Waals surface area contributed by atoms with Crippen LogP contribution in [0.15, 0.2) is 70.6 Å². The van der Waals surface area contributed by atoms with E-state index in [0.29, 0.717) is 50.8 Å². The van der Waals surface area contributed by atoms with E-state index in [2.05, 4.69) is 10.2 Å². The van der Waals surface area contributed by atoms with E-state index in [0.717, 1.165) is 16.9 Å². The number of benzene rings is 3. The normalized spacial score (nSPS) is 15.8. The number of amides is 1. The number of anilines is 1. The maximum absolute atomic E-state index is 13.6. The molecule has 228 valence electrons. The van der Waals surface area contributed by atoms with E-state index >= 15 is 0 Å². The molecule has 0 bridgehead atoms. The van der Waals surface area contributed by atoms with Crippen molar-refractivity contribution in [2.24, 2.45) is 0 Å². The van der Waals surface area contributed by atoms with Crippen molar-refractivity contribution in [2.75, 3.05) is 32.8 Å². The number of hydrogen-bond acceptors (Lipinski definition) is 11. The third-order valence-electron chi connectivity index (χ3n) is 6.76. The van der Waals surface area contributed by atoms with Gasteiger partial charge in [0.2, 0.25) is 10.9 Å². The zero-order valence-corrected chi connectivity index (χ0v) is 25.8. The molecule has 44 heavy (non-hydrogen) atoms. The maximum Gasteiger partial charge on any atom is 0.301 e. The van der Waals surface area contributed by atoms with Crippen LogP contribution in [0.3, 0.4) is 0 Å². The lowest BCUT2D eigenvalue weighted by Crippen LogP contribution is -2.29. The summed E-state index contributed by atoms with van der Waals surface area (Å²) in [5.41, 5.74) is 1.45. The van der Waals surface area contributed by atoms with Crippen LogP contribution < -0.4 is 23.8 Å². The van der Waals surface area contributed by atoms with Crippen LogP contribution in [-0.4, -0.2) is 54.9 Å². The Labute approximate surface area is 261 Å². The molecule has 1 saturated heterocycles. The molecule has 0 saturated carbocycles. The van der Waals surface area contributed by atoms with Gasteiger partial charge in [0.05, 0.1) is 39.6 Å². The summed E-state index contributed by atoms with van der Waals surface area (Å²) >= 11 is 2.47. The Balaban J connectivity index is 1.60. The van der Waals surface area contributed by atoms with Crippen LogP contribution in [0.25, 0.3) is 5.76 Å². The van der Waals surface area contributed by atoms with Gasteiger partial charge in [-0.15, -0.1) is 10.2 Å². The van der Waals surface area contributed by atoms with Crippen molar-refractivity contribution in [3.63, 3.8) is 0 Å². The predicted molar refractivity (Wildman–Crippen MR) is 164 cm³/mol. The third-order valence-corrected chi connectivity index (χ3v) is 8.89. The van der Waals surface area contributed by atoms with E-state index in [9.17, 15) is 19.1 Å². The zero-order chi connectivity index (χ0) is 31.4. The Bertz CT molecular complexity index is 1680. The van der Waals surface area contributed by atoms with E-state index in [-0.39, 0.29) is 22.3 Å². The molecule has 13 heteroatoms. The van der Waals surface area contributed by atoms with Gasteiger partial charge in [-0.1, -0.05) is 35.2 Å². The molecule has 3 aromatic carbocycles. The van der Waals surface area contributed by atoms with Gasteiger partial charge in [0.1, 0.15) is 17.3 Å². The molecule has 0 spiro atoms. The number of thioether (sulfide) groups is 1. The first kappa shape index (κ1) is 30.8. The Morgan fingerprint density at radius 3 is 2.23 bits per heavy atom. The summed E-state index contributed by atoms with van der Waals surface area (Å²) in [6, 6.07) is 14.8. The Morgan fingerprint density at radius 1 is 0.977 bits per heavy atom. The van der Waals surface area contributed by atoms with Crippen LogP contribution in [0, 0.1) is 5.82 Å². The minimum absolute atomic E-state index is 0.149. The molecule has 2 heterocycles. The topological polar surface area (TPSA) is 120 Å². The fourth-order valence-corrected chi connectivity index (χ4v) is 6.54. The summed E-state index contributed by atoms with van der Waals surface area (Å²) < 4.78 is 35.9. The van der Waals surface area contributed by atoms with Crippen molar-refractivity contribution in [1.29, 1.82) is 0 Å². The molecule has 1 aromatic heterocycles. The molecular weight excluding hydrogens is 609 g/mol. The number of rotatable bonds is 11. The monoisotopic (exact) mass is 637 g/mol. The van der Waals surface area contributed by atoms with E-state index in [1.807, 2.05) is 6.92 Å². The van der Waals surface area contributed by atoms with E-state index < -0.39 is 17.7 Å². The highest BCUT2D eigenvalue weighted by molar-refractivity contribution is 8.00. The van der Waals surface area contributed by atoms with Gasteiger partial charge >= 0.3 is 5.91 Å². The fourth-order valence-electron chi connectivity index (χ4n) is 4.72. The van der Waals surface area contributed by atoms with Crippen LogP contribution in [-0.2, 0) is 15.3 Å². The molecule has 1 aliphatic rings. The van der Waals surface area contributed by atoms with Crippen LogP contribution in [0.5, 0.6) is 23.0 Å². The van der Waals surface area contributed by atoms with Crippen molar-refractivity contribution >= 4 is 45.7 Å². The van der Waals surface area contributed by atoms with Gasteiger partial charge in [0, 0.05) is 11.3 Å². The van der Waals surface area contributed by atoms with Crippen molar-refractivity contribution in [2.45, 2.75) is 23.1 Å². The highest BCUT2D eigenvalue weighted by atomic mass is 32.2. The lowest BCUT2D eigenvalue weighted by Gasteiger charge is -2.24. The standard InChI is InChI=1S/C31H28FN3O7S2/c1-5-42-21-12-8-18(9-13-21)26(36)24-25(19-14-22(39-2)28(41-4)23(15-19)40-3)35(29(38)27(24)37)30-33-34-31(44-30)43-16-17-6-10-20(32)11-7-17/h6-15,25,36H,5,16H2,1-4H3/b26-24-. The highest BCUT2D eigenvalue weighted by Crippen LogP contribution is 2.48. The summed E-state index contributed by atoms with van der Waals surface area (Å²) in [7, 11) is 4.37. The number of Topliss-reactive ketones (excluding diaryl/α,β-unsaturated/α-hetero) is 1. The second-order valence-corrected chi connectivity index (χ2v) is 11.5. The van der Waals surface area contributed by atoms with Gasteiger partial charge in [-0.3, -0.25) is 14.5 Å². The number of ketones is 1. The molecule has 0 radical (unpaired) electrons. The van der Waals surface area contributed by atoms with Crippen LogP contribution in [0.4, 0.5) is 9.52 Å². The molecule has 1 atom stereocenters. The minimum atomic E-state index is -1.11. The van der Waals surface area contributed by atoms with Crippen molar-refractivity contribution in [3.8, 4) is 23.0 Å². The lowest BCUT2D eigenvalue weighted by atomic mass is 9.94. The van der Waals surface area contributed by atoms with Gasteiger partial charge < -0.3 is 24.1 Å². The highest BCUT2D eigenvalue weighted by Gasteiger charge is 2.49. The molecule has 4 aromatic rings. The molecule has 0 aliphatic carbocycles. The number of nitrogens with zero attached hydrogens (tertiary/aromatic N) is 3. The molecule has 10 nitrogen and oxygen atoms in total. The summed E-state index contributed by atoms with van der Waals surface area (Å²) in [4.78, 5) is 28.5. The van der Waals surface area contributed by atoms with Gasteiger partial charge in [-0.05, 0) is 66.6 Å². The number of carbonyl (C=O) groups is 2. The van der Waals surface area contributed by atoms with Crippen molar-refractivity contribution in [3.05, 3.63) is 88.7 Å². The van der Waals surface area contributed by atoms with E-state index in [1.54, 1.807) is 48.5 Å². The number of hydrogen-bond donors (Lipinski definition) is 1. The summed E-state index contributed by atoms with van der Waals surface area (Å²) in [5.74, 6) is -0.506. The van der Waals surface area contributed by atoms with Gasteiger partial charge in [0.25, 0.3) is 5.78 Å². The molecule has 1 amide bonds. The summed E-state index contributed by atoms with van der Waals surface area (Å²) in [5, 5.41) is 20.1. The van der Waals surface area contributed by atoms with Gasteiger partial charge in [0.15, 0.2) is 15.8 Å². The molecule has 5 rings (SSSR count). The number of aliphatic hydroxyl groups is 1. The first-order chi connectivity index (χ1) is 21.3. The molecule has 1 N–H and O–H groups in total. The Hall–Kier alpha value is -4.62. The van der Waals surface area contributed by atoms with Crippen LogP contribution in [0.1, 0.15) is 29.7 Å². The molecule has 1 fully saturated rings. The van der Waals surface area contributed by atoms with Crippen molar-refractivity contribution in [1.82, 2.24) is 10.2 Å². The molecule has 1 unspecified atom stereocenters. The second kappa shape index (κ2) is 13.3. The first-order valence-electron chi connectivity index (χ1n) is 13.3. The number of aliphatic hydroxyl groups excluding tert-OH is 1. The minimum Gasteiger partial charge on any atom is -0.507 e. The van der Waals surface area contributed by atoms with Crippen LogP contribution in [0.2, 0.25) is 0 Å². The number of methoxy groups -OCH3 is 3. The molecule has 1 aliphatic heterocycles. The van der Waals surface area contributed by atoms with Crippen LogP contribution >= 0.6 is 23.1 Å². The second-order valence-electron chi connectivity index (χ2n) is 9.35. The third kappa shape index (κ3) is 6.06. The van der Waals surface area contributed by atoms with Gasteiger partial charge in [-0.25, -0.2) is 4.39 Å². The quantitative estimate of drug-likeness (QED) is 0.0687. The summed E-state index contributed by atoms with van der Waals surface area (Å²) in [6.07, 6.45) is 0. The largest absolute Gasteiger partial charge is 0.507 e. The maximum atomic E-state index is 13.6. The number of carbonyl (C=O) groups excluding carboxylic acids is 2. The van der Waals surface area contributed by atoms with Crippen molar-refractivity contribution < 1.29 is 38.0 Å². The zero-order valence-electron chi connectivity index (χ0n) is 24.2. The smallest absolute Gasteiger partial charge is 0.301 e. The van der Waals surface area contributed by atoms with Gasteiger partial charge in [-0.2, -0.15) is 0 Å². The molecular formula is C31H28FN3O7S2. The Morgan fingerprint density at radius 2 is 1.64 bits per heavy atom. The SMILES string of the molecule is CCOc1ccc(/C(O)=C2/C(=O)C(=O)N(c3nnc(SCc4ccc(F)cc4)s3)C2c2cc(OC)c(OC)c(OC)c2)cc1. The number of ether oxygens (including phenoxy) is 4. The number of halogens is 1. The predicted octanol–water partition coefficient (Wildman–Crippen LogP) is 6.02. The lowest BCUT2D eigenvalue weighted by molar-refractivity contribution is -0.132. The Kier molecular flexibility index (Phi) is 9.35. The average Bonchev–Trinajstić information content (AvgIpc) is 3.61. The van der Waals surface area contributed by atoms with E-state index in [4.69, 9.17) is 18.9 Å². The fraction of sp³-hybridized carbons (Fsp3) is 0.226. The first-order valence-corrected chi connectivity index (χ1v) is 15.1. The summed E-state index contributed by atoms with van der Waals surface area (Å²) in [6.45, 7) is 2.32. The average molecular weight is 638 g/mol. The van der Waals surface area contributed by atoms with E-state index in [1.165, 1.54) is 50.1 Å². The number of aromatic nitrogens is 2.